The first-order valence-corrected chi connectivity index (χ1v) is 12.2. The van der Waals surface area contributed by atoms with Gasteiger partial charge in [-0.3, -0.25) is 0 Å². The van der Waals surface area contributed by atoms with Crippen molar-refractivity contribution >= 4 is 11.9 Å². The summed E-state index contributed by atoms with van der Waals surface area (Å²) in [7, 11) is 0. The Balaban J connectivity index is 1.98. The standard InChI is InChI=1S/C27H42O4/c1-4-5-6-7-8-9-10-11-12-13-14-15-16-17-22-30-25-20-18-24(19-21-25)27(29)31-26(28)23(2)3/h18-21H,2,4-17,22H2,1,3H3. The van der Waals surface area contributed by atoms with Crippen molar-refractivity contribution in [3.63, 3.8) is 0 Å². The van der Waals surface area contributed by atoms with Crippen molar-refractivity contribution < 1.29 is 19.1 Å². The van der Waals surface area contributed by atoms with Crippen molar-refractivity contribution in [1.29, 1.82) is 0 Å². The molecule has 31 heavy (non-hydrogen) atoms. The number of hydrogen-bond acceptors (Lipinski definition) is 4. The maximum atomic E-state index is 11.9. The molecule has 0 aliphatic heterocycles. The van der Waals surface area contributed by atoms with Gasteiger partial charge in [0.2, 0.25) is 0 Å². The molecule has 0 N–H and O–H groups in total. The molecule has 0 aromatic heterocycles. The van der Waals surface area contributed by atoms with Gasteiger partial charge in [0.25, 0.3) is 0 Å². The summed E-state index contributed by atoms with van der Waals surface area (Å²) in [6.45, 7) is 7.91. The van der Waals surface area contributed by atoms with Gasteiger partial charge in [0.15, 0.2) is 0 Å². The summed E-state index contributed by atoms with van der Waals surface area (Å²) in [6, 6.07) is 6.67. The lowest BCUT2D eigenvalue weighted by Crippen LogP contribution is -2.12. The molecule has 1 rings (SSSR count). The summed E-state index contributed by atoms with van der Waals surface area (Å²) in [6.07, 6.45) is 18.7. The van der Waals surface area contributed by atoms with Crippen LogP contribution in [0, 0.1) is 0 Å². The lowest BCUT2D eigenvalue weighted by Gasteiger charge is -2.07. The highest BCUT2D eigenvalue weighted by atomic mass is 16.6. The van der Waals surface area contributed by atoms with E-state index >= 15 is 0 Å². The molecule has 1 aromatic rings. The van der Waals surface area contributed by atoms with Crippen molar-refractivity contribution in [2.75, 3.05) is 6.61 Å². The molecule has 0 aliphatic rings. The van der Waals surface area contributed by atoms with Crippen LogP contribution in [0.5, 0.6) is 5.75 Å². The van der Waals surface area contributed by atoms with Gasteiger partial charge in [-0.25, -0.2) is 9.59 Å². The Morgan fingerprint density at radius 3 is 1.65 bits per heavy atom. The van der Waals surface area contributed by atoms with E-state index in [1.807, 2.05) is 0 Å². The maximum Gasteiger partial charge on any atom is 0.346 e. The number of ether oxygens (including phenoxy) is 2. The summed E-state index contributed by atoms with van der Waals surface area (Å²) >= 11 is 0. The third-order valence-electron chi connectivity index (χ3n) is 5.39. The second kappa shape index (κ2) is 17.6. The summed E-state index contributed by atoms with van der Waals surface area (Å²) in [5.74, 6) is -0.660. The zero-order chi connectivity index (χ0) is 22.7. The van der Waals surface area contributed by atoms with E-state index in [4.69, 9.17) is 9.47 Å². The molecule has 1 aromatic carbocycles. The molecule has 0 atom stereocenters. The Labute approximate surface area is 189 Å². The van der Waals surface area contributed by atoms with Crippen LogP contribution in [0.25, 0.3) is 0 Å². The summed E-state index contributed by atoms with van der Waals surface area (Å²) in [5.41, 5.74) is 0.514. The fourth-order valence-electron chi connectivity index (χ4n) is 3.40. The normalized spacial score (nSPS) is 10.6. The topological polar surface area (TPSA) is 52.6 Å². The number of carbonyl (C=O) groups excluding carboxylic acids is 2. The molecule has 0 fully saturated rings. The molecule has 0 bridgehead atoms. The molecule has 0 saturated heterocycles. The van der Waals surface area contributed by atoms with Crippen molar-refractivity contribution in [2.45, 2.75) is 104 Å². The van der Waals surface area contributed by atoms with Crippen molar-refractivity contribution in [1.82, 2.24) is 0 Å². The largest absolute Gasteiger partial charge is 0.494 e. The number of unbranched alkanes of at least 4 members (excludes halogenated alkanes) is 13. The predicted molar refractivity (Wildman–Crippen MR) is 127 cm³/mol. The minimum Gasteiger partial charge on any atom is -0.494 e. The van der Waals surface area contributed by atoms with E-state index in [1.165, 1.54) is 90.4 Å². The Bertz CT molecular complexity index is 633. The van der Waals surface area contributed by atoms with Crippen molar-refractivity contribution in [2.24, 2.45) is 0 Å². The zero-order valence-electron chi connectivity index (χ0n) is 19.8. The molecule has 0 amide bonds. The highest BCUT2D eigenvalue weighted by Crippen LogP contribution is 2.15. The maximum absolute atomic E-state index is 11.9. The van der Waals surface area contributed by atoms with Crippen LogP contribution in [-0.4, -0.2) is 18.5 Å². The monoisotopic (exact) mass is 430 g/mol. The van der Waals surface area contributed by atoms with Gasteiger partial charge in [-0.05, 0) is 37.6 Å². The zero-order valence-corrected chi connectivity index (χ0v) is 19.8. The molecule has 0 saturated carbocycles. The van der Waals surface area contributed by atoms with Gasteiger partial charge in [-0.2, -0.15) is 0 Å². The summed E-state index contributed by atoms with van der Waals surface area (Å²) < 4.78 is 10.4. The van der Waals surface area contributed by atoms with Crippen LogP contribution in [-0.2, 0) is 9.53 Å². The van der Waals surface area contributed by atoms with Gasteiger partial charge in [0, 0.05) is 5.57 Å². The van der Waals surface area contributed by atoms with Crippen LogP contribution in [0.2, 0.25) is 0 Å². The molecule has 0 aliphatic carbocycles. The quantitative estimate of drug-likeness (QED) is 0.103. The van der Waals surface area contributed by atoms with E-state index in [2.05, 4.69) is 13.5 Å². The molecule has 0 unspecified atom stereocenters. The number of rotatable bonds is 18. The average Bonchev–Trinajstić information content (AvgIpc) is 2.76. The van der Waals surface area contributed by atoms with Crippen molar-refractivity contribution in [3.8, 4) is 5.75 Å². The fourth-order valence-corrected chi connectivity index (χ4v) is 3.40. The van der Waals surface area contributed by atoms with Gasteiger partial charge in [-0.15, -0.1) is 0 Å². The number of benzene rings is 1. The number of hydrogen-bond donors (Lipinski definition) is 0. The molecule has 0 heterocycles. The average molecular weight is 431 g/mol. The highest BCUT2D eigenvalue weighted by Gasteiger charge is 2.13. The Kier molecular flexibility index (Phi) is 15.3. The Morgan fingerprint density at radius 2 is 1.19 bits per heavy atom. The second-order valence-electron chi connectivity index (χ2n) is 8.43. The van der Waals surface area contributed by atoms with E-state index in [0.29, 0.717) is 12.2 Å². The fraction of sp³-hybridized carbons (Fsp3) is 0.630. The van der Waals surface area contributed by atoms with E-state index in [0.717, 1.165) is 12.2 Å². The summed E-state index contributed by atoms with van der Waals surface area (Å²) in [4.78, 5) is 23.2. The van der Waals surface area contributed by atoms with Crippen molar-refractivity contribution in [3.05, 3.63) is 42.0 Å². The van der Waals surface area contributed by atoms with Gasteiger partial charge < -0.3 is 9.47 Å². The minimum absolute atomic E-state index is 0.196. The van der Waals surface area contributed by atoms with Crippen LogP contribution in [0.3, 0.4) is 0 Å². The first kappa shape index (κ1) is 26.9. The second-order valence-corrected chi connectivity index (χ2v) is 8.43. The smallest absolute Gasteiger partial charge is 0.346 e. The summed E-state index contributed by atoms with van der Waals surface area (Å²) in [5, 5.41) is 0. The molecular formula is C27H42O4. The van der Waals surface area contributed by atoms with Gasteiger partial charge in [0.1, 0.15) is 5.75 Å². The first-order chi connectivity index (χ1) is 15.0. The first-order valence-electron chi connectivity index (χ1n) is 12.2. The van der Waals surface area contributed by atoms with Crippen LogP contribution in [0.4, 0.5) is 0 Å². The Morgan fingerprint density at radius 1 is 0.742 bits per heavy atom. The van der Waals surface area contributed by atoms with Crippen LogP contribution in [0.1, 0.15) is 114 Å². The van der Waals surface area contributed by atoms with Crippen LogP contribution < -0.4 is 4.74 Å². The van der Waals surface area contributed by atoms with E-state index in [-0.39, 0.29) is 5.57 Å². The van der Waals surface area contributed by atoms with Crippen LogP contribution >= 0.6 is 0 Å². The molecule has 4 nitrogen and oxygen atoms in total. The highest BCUT2D eigenvalue weighted by molar-refractivity contribution is 6.01. The van der Waals surface area contributed by atoms with Gasteiger partial charge in [0.05, 0.1) is 12.2 Å². The third kappa shape index (κ3) is 13.7. The van der Waals surface area contributed by atoms with Gasteiger partial charge in [-0.1, -0.05) is 97.0 Å². The Hall–Kier alpha value is -2.10. The molecule has 4 heteroatoms. The number of esters is 2. The van der Waals surface area contributed by atoms with E-state index in [9.17, 15) is 9.59 Å². The third-order valence-corrected chi connectivity index (χ3v) is 5.39. The number of carbonyl (C=O) groups is 2. The van der Waals surface area contributed by atoms with E-state index < -0.39 is 11.9 Å². The lowest BCUT2D eigenvalue weighted by molar-refractivity contribution is -0.133. The van der Waals surface area contributed by atoms with Crippen LogP contribution in [0.15, 0.2) is 36.4 Å². The molecule has 0 radical (unpaired) electrons. The minimum atomic E-state index is -0.705. The molecular weight excluding hydrogens is 388 g/mol. The lowest BCUT2D eigenvalue weighted by atomic mass is 10.0. The molecule has 174 valence electrons. The van der Waals surface area contributed by atoms with Gasteiger partial charge >= 0.3 is 11.9 Å². The van der Waals surface area contributed by atoms with E-state index in [1.54, 1.807) is 24.3 Å². The SMILES string of the molecule is C=C(C)C(=O)OC(=O)c1ccc(OCCCCCCCCCCCCCCCC)cc1. The molecule has 0 spiro atoms. The predicted octanol–water partition coefficient (Wildman–Crippen LogP) is 7.81.